The number of carbonyl (C=O) groups is 3. The predicted molar refractivity (Wildman–Crippen MR) is 59.9 cm³/mol. The van der Waals surface area contributed by atoms with Gasteiger partial charge in [-0.15, -0.1) is 0 Å². The van der Waals surface area contributed by atoms with Crippen LogP contribution in [0.3, 0.4) is 0 Å². The molecule has 0 bridgehead atoms. The average Bonchev–Trinajstić information content (AvgIpc) is 2.34. The molecule has 0 radical (unpaired) electrons. The van der Waals surface area contributed by atoms with Gasteiger partial charge >= 0.3 is 11.9 Å². The van der Waals surface area contributed by atoms with Gasteiger partial charge in [0.1, 0.15) is 6.61 Å². The molecule has 1 saturated heterocycles. The first-order chi connectivity index (χ1) is 8.47. The van der Waals surface area contributed by atoms with Crippen LogP contribution in [0.15, 0.2) is 0 Å². The van der Waals surface area contributed by atoms with Gasteiger partial charge in [-0.25, -0.2) is 0 Å². The quantitative estimate of drug-likeness (QED) is 0.699. The highest BCUT2D eigenvalue weighted by molar-refractivity contribution is 5.83. The molecule has 2 atom stereocenters. The molecule has 0 aliphatic carbocycles. The first kappa shape index (κ1) is 14.4. The molecule has 2 N–H and O–H groups in total. The number of aliphatic carboxylic acids is 2. The molecule has 18 heavy (non-hydrogen) atoms. The zero-order valence-corrected chi connectivity index (χ0v) is 10.2. The number of hydrogen-bond acceptors (Lipinski definition) is 4. The van der Waals surface area contributed by atoms with Gasteiger partial charge in [-0.2, -0.15) is 0 Å². The van der Waals surface area contributed by atoms with Crippen molar-refractivity contribution in [3.63, 3.8) is 0 Å². The predicted octanol–water partition coefficient (Wildman–Crippen LogP) is -0.343. The number of likely N-dealkylation sites (tertiary alicyclic amines) is 1. The van der Waals surface area contributed by atoms with E-state index in [9.17, 15) is 14.4 Å². The van der Waals surface area contributed by atoms with E-state index < -0.39 is 23.8 Å². The second-order valence-electron chi connectivity index (χ2n) is 4.16. The van der Waals surface area contributed by atoms with Crippen LogP contribution in [0.4, 0.5) is 0 Å². The van der Waals surface area contributed by atoms with E-state index in [1.54, 1.807) is 6.92 Å². The van der Waals surface area contributed by atoms with Crippen molar-refractivity contribution < 1.29 is 29.3 Å². The Morgan fingerprint density at radius 1 is 1.22 bits per heavy atom. The molecule has 0 spiro atoms. The third-order valence-electron chi connectivity index (χ3n) is 3.03. The number of carbonyl (C=O) groups excluding carboxylic acids is 1. The molecule has 102 valence electrons. The highest BCUT2D eigenvalue weighted by atomic mass is 16.5. The molecule has 7 heteroatoms. The van der Waals surface area contributed by atoms with Gasteiger partial charge < -0.3 is 19.8 Å². The summed E-state index contributed by atoms with van der Waals surface area (Å²) in [6, 6.07) is 0. The smallest absolute Gasteiger partial charge is 0.309 e. The van der Waals surface area contributed by atoms with Crippen LogP contribution in [-0.4, -0.2) is 59.3 Å². The van der Waals surface area contributed by atoms with Gasteiger partial charge in [-0.1, -0.05) is 0 Å². The van der Waals surface area contributed by atoms with E-state index in [0.29, 0.717) is 6.61 Å². The Kier molecular flexibility index (Phi) is 5.08. The highest BCUT2D eigenvalue weighted by Gasteiger charge is 2.39. The Balaban J connectivity index is 2.65. The summed E-state index contributed by atoms with van der Waals surface area (Å²) in [6.45, 7) is 2.25. The van der Waals surface area contributed by atoms with Crippen LogP contribution in [0.2, 0.25) is 0 Å². The number of amides is 1. The van der Waals surface area contributed by atoms with Crippen molar-refractivity contribution in [1.82, 2.24) is 4.90 Å². The molecule has 0 aromatic rings. The van der Waals surface area contributed by atoms with Crippen LogP contribution >= 0.6 is 0 Å². The molecule has 2 unspecified atom stereocenters. The topological polar surface area (TPSA) is 104 Å². The number of nitrogens with zero attached hydrogens (tertiary/aromatic N) is 1. The number of carboxylic acids is 2. The van der Waals surface area contributed by atoms with Gasteiger partial charge in [0.05, 0.1) is 11.8 Å². The van der Waals surface area contributed by atoms with Crippen LogP contribution in [0.25, 0.3) is 0 Å². The lowest BCUT2D eigenvalue weighted by molar-refractivity contribution is -0.159. The third kappa shape index (κ3) is 3.43. The van der Waals surface area contributed by atoms with Crippen LogP contribution in [0.5, 0.6) is 0 Å². The molecular weight excluding hydrogens is 242 g/mol. The van der Waals surface area contributed by atoms with E-state index in [-0.39, 0.29) is 32.0 Å². The largest absolute Gasteiger partial charge is 0.481 e. The summed E-state index contributed by atoms with van der Waals surface area (Å²) in [7, 11) is 0. The number of carboxylic acid groups (broad SMARTS) is 2. The molecule has 1 aliphatic rings. The summed E-state index contributed by atoms with van der Waals surface area (Å²) in [4.78, 5) is 35.0. The fraction of sp³-hybridized carbons (Fsp3) is 0.727. The zero-order chi connectivity index (χ0) is 13.7. The normalized spacial score (nSPS) is 23.7. The molecule has 0 aromatic heterocycles. The van der Waals surface area contributed by atoms with Crippen molar-refractivity contribution in [1.29, 1.82) is 0 Å². The number of ether oxygens (including phenoxy) is 1. The molecule has 0 saturated carbocycles. The fourth-order valence-corrected chi connectivity index (χ4v) is 2.01. The number of piperidine rings is 1. The maximum atomic E-state index is 11.7. The lowest BCUT2D eigenvalue weighted by Crippen LogP contribution is -2.49. The maximum absolute atomic E-state index is 11.7. The first-order valence-electron chi connectivity index (χ1n) is 5.78. The van der Waals surface area contributed by atoms with Crippen LogP contribution in [-0.2, 0) is 19.1 Å². The molecule has 7 nitrogen and oxygen atoms in total. The van der Waals surface area contributed by atoms with Gasteiger partial charge in [0.15, 0.2) is 0 Å². The minimum absolute atomic E-state index is 0.0712. The van der Waals surface area contributed by atoms with Crippen molar-refractivity contribution >= 4 is 17.8 Å². The average molecular weight is 259 g/mol. The van der Waals surface area contributed by atoms with E-state index >= 15 is 0 Å². The summed E-state index contributed by atoms with van der Waals surface area (Å²) in [5.74, 6) is -4.59. The van der Waals surface area contributed by atoms with E-state index in [0.717, 1.165) is 0 Å². The van der Waals surface area contributed by atoms with Crippen LogP contribution in [0, 0.1) is 11.8 Å². The lowest BCUT2D eigenvalue weighted by Gasteiger charge is -2.34. The molecule has 1 fully saturated rings. The molecule has 0 aromatic carbocycles. The Morgan fingerprint density at radius 2 is 1.83 bits per heavy atom. The van der Waals surface area contributed by atoms with Crippen molar-refractivity contribution in [3.8, 4) is 0 Å². The van der Waals surface area contributed by atoms with E-state index in [2.05, 4.69) is 0 Å². The van der Waals surface area contributed by atoms with Gasteiger partial charge in [-0.05, 0) is 13.3 Å². The standard InChI is InChI=1S/C11H17NO6/c1-2-18-6-9(13)12-4-3-7(10(14)15)8(5-12)11(16)17/h7-8H,2-6H2,1H3,(H,14,15)(H,16,17). The monoisotopic (exact) mass is 259 g/mol. The summed E-state index contributed by atoms with van der Waals surface area (Å²) >= 11 is 0. The van der Waals surface area contributed by atoms with Gasteiger partial charge in [0, 0.05) is 19.7 Å². The van der Waals surface area contributed by atoms with Gasteiger partial charge in [0.2, 0.25) is 5.91 Å². The molecule has 1 aliphatic heterocycles. The number of hydrogen-bond donors (Lipinski definition) is 2. The summed E-state index contributed by atoms with van der Waals surface area (Å²) in [5, 5.41) is 17.9. The van der Waals surface area contributed by atoms with Crippen molar-refractivity contribution in [2.75, 3.05) is 26.3 Å². The van der Waals surface area contributed by atoms with Gasteiger partial charge in [-0.3, -0.25) is 14.4 Å². The molecule has 1 heterocycles. The minimum Gasteiger partial charge on any atom is -0.481 e. The second-order valence-corrected chi connectivity index (χ2v) is 4.16. The number of rotatable bonds is 5. The SMILES string of the molecule is CCOCC(=O)N1CCC(C(=O)O)C(C(=O)O)C1. The Bertz CT molecular complexity index is 342. The molecule has 1 rings (SSSR count). The van der Waals surface area contributed by atoms with Crippen molar-refractivity contribution in [2.45, 2.75) is 13.3 Å². The zero-order valence-electron chi connectivity index (χ0n) is 10.2. The van der Waals surface area contributed by atoms with E-state index in [1.165, 1.54) is 4.90 Å². The van der Waals surface area contributed by atoms with E-state index in [4.69, 9.17) is 14.9 Å². The Labute approximate surface area is 104 Å². The lowest BCUT2D eigenvalue weighted by atomic mass is 9.85. The highest BCUT2D eigenvalue weighted by Crippen LogP contribution is 2.24. The third-order valence-corrected chi connectivity index (χ3v) is 3.03. The van der Waals surface area contributed by atoms with Gasteiger partial charge in [0.25, 0.3) is 0 Å². The van der Waals surface area contributed by atoms with Crippen LogP contribution < -0.4 is 0 Å². The summed E-state index contributed by atoms with van der Waals surface area (Å²) < 4.78 is 4.96. The molecule has 1 amide bonds. The maximum Gasteiger partial charge on any atom is 0.309 e. The van der Waals surface area contributed by atoms with Crippen LogP contribution in [0.1, 0.15) is 13.3 Å². The molecular formula is C11H17NO6. The van der Waals surface area contributed by atoms with Crippen molar-refractivity contribution in [2.24, 2.45) is 11.8 Å². The van der Waals surface area contributed by atoms with Crippen molar-refractivity contribution in [3.05, 3.63) is 0 Å². The Hall–Kier alpha value is -1.63. The summed E-state index contributed by atoms with van der Waals surface area (Å²) in [6.07, 6.45) is 0.157. The summed E-state index contributed by atoms with van der Waals surface area (Å²) in [5.41, 5.74) is 0. The first-order valence-corrected chi connectivity index (χ1v) is 5.78. The second kappa shape index (κ2) is 6.34. The van der Waals surface area contributed by atoms with E-state index in [1.807, 2.05) is 0 Å². The Morgan fingerprint density at radius 3 is 2.33 bits per heavy atom. The fourth-order valence-electron chi connectivity index (χ4n) is 2.01. The minimum atomic E-state index is -1.18.